The zero-order valence-electron chi connectivity index (χ0n) is 15.6. The van der Waals surface area contributed by atoms with Crippen LogP contribution in [0.2, 0.25) is 19.1 Å². The third-order valence-corrected chi connectivity index (χ3v) is 6.91. The number of aliphatic hydroxyl groups excluding tert-OH is 1. The summed E-state index contributed by atoms with van der Waals surface area (Å²) in [6.07, 6.45) is 0.156. The summed E-state index contributed by atoms with van der Waals surface area (Å²) in [5.74, 6) is 0.197. The minimum absolute atomic E-state index is 0.120. The molecule has 0 fully saturated rings. The van der Waals surface area contributed by atoms with Crippen molar-refractivity contribution in [3.8, 4) is 0 Å². The normalized spacial score (nSPS) is 23.2. The van der Waals surface area contributed by atoms with E-state index in [0.717, 1.165) is 11.6 Å². The zero-order valence-corrected chi connectivity index (χ0v) is 16.6. The Kier molecular flexibility index (Phi) is 6.46. The van der Waals surface area contributed by atoms with Crippen molar-refractivity contribution in [2.45, 2.75) is 65.9 Å². The molecule has 1 rings (SSSR count). The summed E-state index contributed by atoms with van der Waals surface area (Å²) < 4.78 is 6.20. The van der Waals surface area contributed by atoms with Gasteiger partial charge in [-0.2, -0.15) is 0 Å². The van der Waals surface area contributed by atoms with Crippen molar-refractivity contribution >= 4 is 14.4 Å². The van der Waals surface area contributed by atoms with E-state index in [2.05, 4.69) is 33.9 Å². The summed E-state index contributed by atoms with van der Waals surface area (Å²) in [7, 11) is -1.86. The van der Waals surface area contributed by atoms with Crippen LogP contribution in [0, 0.1) is 11.3 Å². The summed E-state index contributed by atoms with van der Waals surface area (Å²) in [5.41, 5.74) is 1.11. The lowest BCUT2D eigenvalue weighted by Crippen LogP contribution is -2.51. The first kappa shape index (κ1) is 20.2. The Bertz CT molecular complexity index is 454. The van der Waals surface area contributed by atoms with Crippen LogP contribution < -0.4 is 0 Å². The van der Waals surface area contributed by atoms with Crippen molar-refractivity contribution in [3.63, 3.8) is 0 Å². The zero-order chi connectivity index (χ0) is 18.0. The Labute approximate surface area is 141 Å². The molecule has 2 unspecified atom stereocenters. The van der Waals surface area contributed by atoms with Gasteiger partial charge in [0.1, 0.15) is 0 Å². The fourth-order valence-corrected chi connectivity index (χ4v) is 6.70. The molecule has 134 valence electrons. The molecular weight excluding hydrogens is 310 g/mol. The highest BCUT2D eigenvalue weighted by Crippen LogP contribution is 2.29. The van der Waals surface area contributed by atoms with E-state index in [0.29, 0.717) is 6.61 Å². The third kappa shape index (κ3) is 6.28. The van der Waals surface area contributed by atoms with E-state index < -0.39 is 20.5 Å². The molecule has 1 aliphatic rings. The van der Waals surface area contributed by atoms with Crippen molar-refractivity contribution < 1.29 is 19.4 Å². The van der Waals surface area contributed by atoms with E-state index in [4.69, 9.17) is 4.43 Å². The number of carbonyl (C=O) groups is 1. The quantitative estimate of drug-likeness (QED) is 0.591. The Morgan fingerprint density at radius 1 is 1.43 bits per heavy atom. The molecule has 2 atom stereocenters. The molecule has 0 aliphatic carbocycles. The lowest BCUT2D eigenvalue weighted by molar-refractivity contribution is 0.0699. The van der Waals surface area contributed by atoms with Gasteiger partial charge in [-0.15, -0.1) is 0 Å². The van der Waals surface area contributed by atoms with Gasteiger partial charge in [-0.3, -0.25) is 4.90 Å². The molecule has 1 aliphatic heterocycles. The van der Waals surface area contributed by atoms with E-state index in [9.17, 15) is 15.0 Å². The van der Waals surface area contributed by atoms with Gasteiger partial charge in [0.05, 0.1) is 25.3 Å². The molecule has 0 bridgehead atoms. The van der Waals surface area contributed by atoms with Gasteiger partial charge in [0, 0.05) is 0 Å². The van der Waals surface area contributed by atoms with Crippen molar-refractivity contribution in [1.29, 1.82) is 0 Å². The summed E-state index contributed by atoms with van der Waals surface area (Å²) >= 11 is 0. The Morgan fingerprint density at radius 3 is 2.43 bits per heavy atom. The summed E-state index contributed by atoms with van der Waals surface area (Å²) in [6.45, 7) is 15.5. The maximum atomic E-state index is 11.5. The predicted molar refractivity (Wildman–Crippen MR) is 95.1 cm³/mol. The summed E-state index contributed by atoms with van der Waals surface area (Å²) in [6, 6.07) is 0.698. The maximum Gasteiger partial charge on any atom is 0.407 e. The lowest BCUT2D eigenvalue weighted by Gasteiger charge is -2.38. The van der Waals surface area contributed by atoms with Crippen molar-refractivity contribution in [2.75, 3.05) is 13.2 Å². The van der Waals surface area contributed by atoms with E-state index >= 15 is 0 Å². The van der Waals surface area contributed by atoms with Gasteiger partial charge in [-0.1, -0.05) is 40.7 Å². The molecule has 0 saturated carbocycles. The molecule has 1 amide bonds. The monoisotopic (exact) mass is 343 g/mol. The van der Waals surface area contributed by atoms with Crippen LogP contribution in [0.15, 0.2) is 11.6 Å². The Hall–Kier alpha value is -0.853. The van der Waals surface area contributed by atoms with Gasteiger partial charge in [-0.05, 0) is 36.0 Å². The standard InChI is InChI=1S/C17H33NO4Si/c1-12(2)14-8-13(18(16(20)21)9-15(14)19)10-22-23(6,7)11-17(3,4)5/h8,12-13,15,19H,9-11H2,1-7H3,(H,20,21). The van der Waals surface area contributed by atoms with Gasteiger partial charge in [-0.25, -0.2) is 4.79 Å². The van der Waals surface area contributed by atoms with Gasteiger partial charge in [0.15, 0.2) is 8.32 Å². The van der Waals surface area contributed by atoms with Crippen LogP contribution in [0.3, 0.4) is 0 Å². The van der Waals surface area contributed by atoms with Gasteiger partial charge in [0.2, 0.25) is 0 Å². The van der Waals surface area contributed by atoms with E-state index in [1.54, 1.807) is 0 Å². The van der Waals surface area contributed by atoms with Gasteiger partial charge in [0.25, 0.3) is 0 Å². The van der Waals surface area contributed by atoms with Crippen molar-refractivity contribution in [1.82, 2.24) is 4.90 Å². The maximum absolute atomic E-state index is 11.5. The minimum Gasteiger partial charge on any atom is -0.465 e. The molecule has 0 aromatic rings. The molecular formula is C17H33NO4Si. The smallest absolute Gasteiger partial charge is 0.407 e. The van der Waals surface area contributed by atoms with Crippen LogP contribution in [0.4, 0.5) is 4.79 Å². The fraction of sp³-hybridized carbons (Fsp3) is 0.824. The fourth-order valence-electron chi connectivity index (χ4n) is 3.42. The van der Waals surface area contributed by atoms with Crippen LogP contribution in [0.25, 0.3) is 0 Å². The number of hydrogen-bond donors (Lipinski definition) is 2. The number of aliphatic hydroxyl groups is 1. The van der Waals surface area contributed by atoms with Crippen LogP contribution >= 0.6 is 0 Å². The second-order valence-corrected chi connectivity index (χ2v) is 12.8. The Balaban J connectivity index is 2.87. The molecule has 6 heteroatoms. The molecule has 0 spiro atoms. The number of amides is 1. The van der Waals surface area contributed by atoms with Crippen LogP contribution in [-0.2, 0) is 4.43 Å². The number of β-amino-alcohol motifs (C(OH)–C–C–N with tert-alkyl or cyclic N) is 1. The van der Waals surface area contributed by atoms with Crippen molar-refractivity contribution in [3.05, 3.63) is 11.6 Å². The van der Waals surface area contributed by atoms with Crippen LogP contribution in [0.1, 0.15) is 34.6 Å². The molecule has 0 saturated heterocycles. The first-order chi connectivity index (χ1) is 10.3. The number of nitrogens with zero attached hydrogens (tertiary/aromatic N) is 1. The second kappa shape index (κ2) is 7.36. The average molecular weight is 344 g/mol. The molecule has 1 heterocycles. The van der Waals surface area contributed by atoms with E-state index in [-0.39, 0.29) is 23.9 Å². The van der Waals surface area contributed by atoms with Crippen LogP contribution in [0.5, 0.6) is 0 Å². The molecule has 2 N–H and O–H groups in total. The summed E-state index contributed by atoms with van der Waals surface area (Å²) in [5, 5.41) is 19.6. The number of hydrogen-bond acceptors (Lipinski definition) is 3. The highest BCUT2D eigenvalue weighted by molar-refractivity contribution is 6.71. The third-order valence-electron chi connectivity index (χ3n) is 4.05. The molecule has 23 heavy (non-hydrogen) atoms. The number of carboxylic acid groups (broad SMARTS) is 1. The summed E-state index contributed by atoms with van der Waals surface area (Å²) in [4.78, 5) is 12.8. The second-order valence-electron chi connectivity index (χ2n) is 8.65. The highest BCUT2D eigenvalue weighted by Gasteiger charge is 2.35. The molecule has 0 aromatic heterocycles. The van der Waals surface area contributed by atoms with E-state index in [1.165, 1.54) is 4.90 Å². The van der Waals surface area contributed by atoms with Gasteiger partial charge < -0.3 is 14.6 Å². The minimum atomic E-state index is -1.86. The molecule has 5 nitrogen and oxygen atoms in total. The molecule has 0 radical (unpaired) electrons. The van der Waals surface area contributed by atoms with E-state index in [1.807, 2.05) is 19.9 Å². The van der Waals surface area contributed by atoms with Gasteiger partial charge >= 0.3 is 6.09 Å². The van der Waals surface area contributed by atoms with Crippen LogP contribution in [-0.4, -0.2) is 54.8 Å². The largest absolute Gasteiger partial charge is 0.465 e. The molecule has 0 aromatic carbocycles. The van der Waals surface area contributed by atoms with Crippen molar-refractivity contribution in [2.24, 2.45) is 11.3 Å². The topological polar surface area (TPSA) is 70.0 Å². The Morgan fingerprint density at radius 2 is 2.00 bits per heavy atom. The SMILES string of the molecule is CC(C)C1=CC(CO[Si](C)(C)CC(C)(C)C)N(C(=O)O)CC1O. The lowest BCUT2D eigenvalue weighted by atomic mass is 9.91. The highest BCUT2D eigenvalue weighted by atomic mass is 28.4. The number of rotatable bonds is 5. The first-order valence-electron chi connectivity index (χ1n) is 8.35. The predicted octanol–water partition coefficient (Wildman–Crippen LogP) is 3.56. The first-order valence-corrected chi connectivity index (χ1v) is 11.5. The average Bonchev–Trinajstić information content (AvgIpc) is 2.33.